The lowest BCUT2D eigenvalue weighted by Gasteiger charge is -2.30. The molecule has 0 N–H and O–H groups in total. The lowest BCUT2D eigenvalue weighted by molar-refractivity contribution is 0.0392. The number of allylic oxidation sites excluding steroid dienone is 2. The molecule has 3 atom stereocenters. The van der Waals surface area contributed by atoms with Crippen molar-refractivity contribution in [1.29, 1.82) is 5.26 Å². The summed E-state index contributed by atoms with van der Waals surface area (Å²) in [5.41, 5.74) is 0.993. The highest BCUT2D eigenvalue weighted by Gasteiger charge is 2.35. The van der Waals surface area contributed by atoms with E-state index in [9.17, 15) is 5.26 Å². The molecule has 0 aromatic heterocycles. The average Bonchev–Trinajstić information content (AvgIpc) is 3.00. The van der Waals surface area contributed by atoms with Crippen molar-refractivity contribution >= 4 is 0 Å². The van der Waals surface area contributed by atoms with E-state index in [2.05, 4.69) is 12.1 Å². The van der Waals surface area contributed by atoms with E-state index in [1.165, 1.54) is 0 Å². The molecule has 0 spiro atoms. The molecule has 1 aliphatic heterocycles. The second kappa shape index (κ2) is 6.91. The SMILES string of the molecule is COC1CCC(/C(C#N)=C/[C@@H]2CC[C@H]3OCO[C@@H]3C2)CC1. The molecule has 4 heteroatoms. The van der Waals surface area contributed by atoms with Crippen LogP contribution in [-0.2, 0) is 14.2 Å². The molecule has 3 aliphatic rings. The number of ether oxygens (including phenoxy) is 3. The Kier molecular flexibility index (Phi) is 4.95. The highest BCUT2D eigenvalue weighted by molar-refractivity contribution is 5.25. The molecule has 4 nitrogen and oxygen atoms in total. The van der Waals surface area contributed by atoms with E-state index in [1.54, 1.807) is 7.11 Å². The number of nitriles is 1. The first-order valence-corrected chi connectivity index (χ1v) is 8.18. The zero-order valence-corrected chi connectivity index (χ0v) is 12.8. The molecule has 21 heavy (non-hydrogen) atoms. The summed E-state index contributed by atoms with van der Waals surface area (Å²) in [6.07, 6.45) is 10.6. The van der Waals surface area contributed by atoms with Crippen molar-refractivity contribution in [3.63, 3.8) is 0 Å². The summed E-state index contributed by atoms with van der Waals surface area (Å²) >= 11 is 0. The number of methoxy groups -OCH3 is 1. The minimum Gasteiger partial charge on any atom is -0.381 e. The monoisotopic (exact) mass is 291 g/mol. The Labute approximate surface area is 127 Å². The van der Waals surface area contributed by atoms with Crippen LogP contribution in [0.3, 0.4) is 0 Å². The molecule has 0 bridgehead atoms. The fourth-order valence-electron chi connectivity index (χ4n) is 3.99. The Morgan fingerprint density at radius 1 is 1.10 bits per heavy atom. The van der Waals surface area contributed by atoms with Crippen LogP contribution in [0.4, 0.5) is 0 Å². The standard InChI is InChI=1S/C17H25NO3/c1-19-15-5-3-13(4-6-15)14(10-18)8-12-2-7-16-17(9-12)21-11-20-16/h8,12-13,15-17H,2-7,9,11H2,1H3/b14-8+/t12-,13?,15?,16+,17+/m0/s1. The Morgan fingerprint density at radius 2 is 1.86 bits per heavy atom. The fourth-order valence-corrected chi connectivity index (χ4v) is 3.99. The van der Waals surface area contributed by atoms with Gasteiger partial charge in [0.25, 0.3) is 0 Å². The van der Waals surface area contributed by atoms with Crippen molar-refractivity contribution in [2.75, 3.05) is 13.9 Å². The summed E-state index contributed by atoms with van der Waals surface area (Å²) in [5, 5.41) is 9.51. The Hall–Kier alpha value is -0.890. The zero-order chi connectivity index (χ0) is 14.7. The molecule has 0 aromatic rings. The van der Waals surface area contributed by atoms with Crippen molar-refractivity contribution in [2.45, 2.75) is 63.3 Å². The number of fused-ring (bicyclic) bond motifs is 1. The summed E-state index contributed by atoms with van der Waals surface area (Å²) in [6.45, 7) is 0.442. The lowest BCUT2D eigenvalue weighted by Crippen LogP contribution is -2.30. The van der Waals surface area contributed by atoms with E-state index in [4.69, 9.17) is 14.2 Å². The highest BCUT2D eigenvalue weighted by atomic mass is 16.7. The smallest absolute Gasteiger partial charge is 0.147 e. The molecule has 0 unspecified atom stereocenters. The number of nitrogens with zero attached hydrogens (tertiary/aromatic N) is 1. The van der Waals surface area contributed by atoms with Crippen LogP contribution in [0.15, 0.2) is 11.6 Å². The van der Waals surface area contributed by atoms with Gasteiger partial charge in [-0.25, -0.2) is 0 Å². The fraction of sp³-hybridized carbons (Fsp3) is 0.824. The highest BCUT2D eigenvalue weighted by Crippen LogP contribution is 2.36. The maximum Gasteiger partial charge on any atom is 0.147 e. The molecule has 0 amide bonds. The van der Waals surface area contributed by atoms with Crippen LogP contribution >= 0.6 is 0 Å². The van der Waals surface area contributed by atoms with Gasteiger partial charge in [-0.15, -0.1) is 0 Å². The van der Waals surface area contributed by atoms with Crippen molar-refractivity contribution in [3.05, 3.63) is 11.6 Å². The normalized spacial score (nSPS) is 40.6. The zero-order valence-electron chi connectivity index (χ0n) is 12.8. The van der Waals surface area contributed by atoms with E-state index in [-0.39, 0.29) is 12.2 Å². The first-order chi connectivity index (χ1) is 10.3. The number of hydrogen-bond acceptors (Lipinski definition) is 4. The summed E-state index contributed by atoms with van der Waals surface area (Å²) in [5.74, 6) is 0.905. The largest absolute Gasteiger partial charge is 0.381 e. The minimum absolute atomic E-state index is 0.240. The summed E-state index contributed by atoms with van der Waals surface area (Å²) in [6, 6.07) is 2.46. The third kappa shape index (κ3) is 3.48. The van der Waals surface area contributed by atoms with Crippen LogP contribution in [0.25, 0.3) is 0 Å². The van der Waals surface area contributed by atoms with Gasteiger partial charge in [-0.05, 0) is 56.8 Å². The second-order valence-corrected chi connectivity index (χ2v) is 6.54. The third-order valence-electron chi connectivity index (χ3n) is 5.33. The van der Waals surface area contributed by atoms with Crippen LogP contribution in [0, 0.1) is 23.2 Å². The molecule has 2 saturated carbocycles. The van der Waals surface area contributed by atoms with E-state index >= 15 is 0 Å². The van der Waals surface area contributed by atoms with E-state index in [0.717, 1.165) is 50.5 Å². The van der Waals surface area contributed by atoms with E-state index < -0.39 is 0 Å². The Bertz CT molecular complexity index is 420. The molecule has 2 aliphatic carbocycles. The molecule has 3 rings (SSSR count). The van der Waals surface area contributed by atoms with Gasteiger partial charge in [-0.3, -0.25) is 0 Å². The van der Waals surface area contributed by atoms with Crippen LogP contribution in [-0.4, -0.2) is 32.2 Å². The molecular formula is C17H25NO3. The summed E-state index contributed by atoms with van der Waals surface area (Å²) in [4.78, 5) is 0. The second-order valence-electron chi connectivity index (χ2n) is 6.54. The van der Waals surface area contributed by atoms with Gasteiger partial charge in [0.1, 0.15) is 6.79 Å². The van der Waals surface area contributed by atoms with Gasteiger partial charge < -0.3 is 14.2 Å². The maximum atomic E-state index is 9.51. The maximum absolute atomic E-state index is 9.51. The van der Waals surface area contributed by atoms with Gasteiger partial charge in [-0.1, -0.05) is 6.08 Å². The predicted molar refractivity (Wildman–Crippen MR) is 78.4 cm³/mol. The molecule has 3 fully saturated rings. The van der Waals surface area contributed by atoms with Gasteiger partial charge in [-0.2, -0.15) is 5.26 Å². The molecule has 1 saturated heterocycles. The molecule has 0 aromatic carbocycles. The average molecular weight is 291 g/mol. The van der Waals surface area contributed by atoms with Crippen molar-refractivity contribution in [3.8, 4) is 6.07 Å². The minimum atomic E-state index is 0.240. The van der Waals surface area contributed by atoms with Gasteiger partial charge in [0.2, 0.25) is 0 Å². The Balaban J connectivity index is 1.59. The van der Waals surface area contributed by atoms with Crippen LogP contribution in [0.2, 0.25) is 0 Å². The van der Waals surface area contributed by atoms with Gasteiger partial charge in [0.15, 0.2) is 0 Å². The van der Waals surface area contributed by atoms with E-state index in [0.29, 0.717) is 24.7 Å². The molecule has 116 valence electrons. The quantitative estimate of drug-likeness (QED) is 0.749. The van der Waals surface area contributed by atoms with Gasteiger partial charge >= 0.3 is 0 Å². The number of rotatable bonds is 3. The van der Waals surface area contributed by atoms with Gasteiger partial charge in [0, 0.05) is 12.7 Å². The van der Waals surface area contributed by atoms with Gasteiger partial charge in [0.05, 0.1) is 24.4 Å². The summed E-state index contributed by atoms with van der Waals surface area (Å²) < 4.78 is 16.6. The Morgan fingerprint density at radius 3 is 2.57 bits per heavy atom. The lowest BCUT2D eigenvalue weighted by atomic mass is 9.79. The topological polar surface area (TPSA) is 51.5 Å². The first kappa shape index (κ1) is 15.0. The van der Waals surface area contributed by atoms with Crippen LogP contribution < -0.4 is 0 Å². The van der Waals surface area contributed by atoms with Crippen molar-refractivity contribution < 1.29 is 14.2 Å². The van der Waals surface area contributed by atoms with Crippen molar-refractivity contribution in [1.82, 2.24) is 0 Å². The molecule has 1 heterocycles. The van der Waals surface area contributed by atoms with Crippen LogP contribution in [0.5, 0.6) is 0 Å². The first-order valence-electron chi connectivity index (χ1n) is 8.18. The van der Waals surface area contributed by atoms with Crippen LogP contribution in [0.1, 0.15) is 44.9 Å². The number of hydrogen-bond donors (Lipinski definition) is 0. The third-order valence-corrected chi connectivity index (χ3v) is 5.33. The van der Waals surface area contributed by atoms with Crippen molar-refractivity contribution in [2.24, 2.45) is 11.8 Å². The summed E-state index contributed by atoms with van der Waals surface area (Å²) in [7, 11) is 1.79. The molecular weight excluding hydrogens is 266 g/mol. The van der Waals surface area contributed by atoms with E-state index in [1.807, 2.05) is 0 Å². The molecule has 0 radical (unpaired) electrons. The predicted octanol–water partition coefficient (Wildman–Crippen LogP) is 3.18.